The SMILES string of the molecule is CCCCN(Cc1ccc(Cl)c(Cl)c1)C(=O)C1=CN(c2ccc(C(=O)NS(=O)(=O)c3ccc4cccc(OCCN5CCOCC5)c4c3)cc2C(=O)OCC)C=C(C)N1Cl. The van der Waals surface area contributed by atoms with Crippen LogP contribution >= 0.6 is 35.0 Å². The lowest BCUT2D eigenvalue weighted by molar-refractivity contribution is -0.128. The van der Waals surface area contributed by atoms with Gasteiger partial charge in [-0.1, -0.05) is 60.8 Å². The molecular weight excluding hydrogens is 853 g/mol. The zero-order chi connectivity index (χ0) is 43.0. The first-order chi connectivity index (χ1) is 28.8. The Kier molecular flexibility index (Phi) is 15.0. The van der Waals surface area contributed by atoms with Crippen LogP contribution in [0.3, 0.4) is 0 Å². The molecule has 2 aliphatic rings. The van der Waals surface area contributed by atoms with Gasteiger partial charge in [0.1, 0.15) is 18.1 Å². The lowest BCUT2D eigenvalue weighted by atomic mass is 10.1. The molecule has 0 bridgehead atoms. The Morgan fingerprint density at radius 3 is 2.45 bits per heavy atom. The summed E-state index contributed by atoms with van der Waals surface area (Å²) in [4.78, 5) is 46.6. The van der Waals surface area contributed by atoms with Gasteiger partial charge in [0.2, 0.25) is 0 Å². The van der Waals surface area contributed by atoms with Crippen molar-refractivity contribution in [1.29, 1.82) is 0 Å². The molecule has 318 valence electrons. The van der Waals surface area contributed by atoms with Crippen molar-refractivity contribution in [3.8, 4) is 5.75 Å². The van der Waals surface area contributed by atoms with E-state index in [1.54, 1.807) is 60.2 Å². The summed E-state index contributed by atoms with van der Waals surface area (Å²) in [5, 5.41) is 2.09. The van der Waals surface area contributed by atoms with Crippen LogP contribution in [0.5, 0.6) is 5.75 Å². The van der Waals surface area contributed by atoms with Crippen molar-refractivity contribution in [2.75, 3.05) is 57.5 Å². The van der Waals surface area contributed by atoms with Gasteiger partial charge in [0.05, 0.1) is 46.0 Å². The predicted molar refractivity (Wildman–Crippen MR) is 233 cm³/mol. The summed E-state index contributed by atoms with van der Waals surface area (Å²) in [5.74, 6) is -1.62. The number of anilines is 1. The molecule has 2 aliphatic heterocycles. The molecule has 0 atom stereocenters. The zero-order valence-electron chi connectivity index (χ0n) is 33.5. The molecule has 6 rings (SSSR count). The van der Waals surface area contributed by atoms with E-state index in [2.05, 4.69) is 9.62 Å². The predicted octanol–water partition coefficient (Wildman–Crippen LogP) is 7.96. The van der Waals surface area contributed by atoms with Crippen LogP contribution in [0.4, 0.5) is 5.69 Å². The largest absolute Gasteiger partial charge is 0.492 e. The van der Waals surface area contributed by atoms with E-state index in [-0.39, 0.29) is 46.5 Å². The molecule has 13 nitrogen and oxygen atoms in total. The second-order valence-corrected chi connectivity index (χ2v) is 17.0. The number of nitrogens with one attached hydrogen (secondary N) is 1. The lowest BCUT2D eigenvalue weighted by Gasteiger charge is -2.33. The number of sulfonamides is 1. The van der Waals surface area contributed by atoms with E-state index >= 15 is 0 Å². The van der Waals surface area contributed by atoms with E-state index in [9.17, 15) is 22.8 Å². The number of halogens is 3. The molecule has 0 unspecified atom stereocenters. The molecule has 0 aliphatic carbocycles. The molecule has 4 aromatic rings. The Morgan fingerprint density at radius 1 is 0.933 bits per heavy atom. The Bertz CT molecular complexity index is 2420. The van der Waals surface area contributed by atoms with Crippen LogP contribution in [0.2, 0.25) is 10.0 Å². The number of morpholine rings is 1. The van der Waals surface area contributed by atoms with Gasteiger partial charge in [-0.2, -0.15) is 0 Å². The number of unbranched alkanes of at least 4 members (excludes halogenated alkanes) is 1. The fourth-order valence-corrected chi connectivity index (χ4v) is 8.18. The van der Waals surface area contributed by atoms with Crippen molar-refractivity contribution < 1.29 is 37.0 Å². The van der Waals surface area contributed by atoms with Crippen molar-refractivity contribution in [2.45, 2.75) is 45.1 Å². The van der Waals surface area contributed by atoms with Crippen molar-refractivity contribution in [2.24, 2.45) is 0 Å². The highest BCUT2D eigenvalue weighted by Gasteiger charge is 2.30. The lowest BCUT2D eigenvalue weighted by Crippen LogP contribution is -2.38. The molecule has 17 heteroatoms. The van der Waals surface area contributed by atoms with Gasteiger partial charge in [-0.25, -0.2) is 22.4 Å². The summed E-state index contributed by atoms with van der Waals surface area (Å²) >= 11 is 19.1. The Balaban J connectivity index is 1.25. The molecule has 0 saturated carbocycles. The highest BCUT2D eigenvalue weighted by Crippen LogP contribution is 2.33. The fourth-order valence-electron chi connectivity index (χ4n) is 6.70. The molecule has 0 spiro atoms. The topological polar surface area (TPSA) is 138 Å². The van der Waals surface area contributed by atoms with E-state index in [0.29, 0.717) is 59.8 Å². The molecule has 0 radical (unpaired) electrons. The third kappa shape index (κ3) is 10.7. The standard InChI is InChI=1S/C43H46Cl3N5O8S/c1-4-6-16-49(27-30-10-14-36(44)37(45)23-30)42(53)39-28-50(26-29(3)51(39)46)38-15-12-32(24-35(38)43(54)58-5-2)41(52)47-60(55,56)33-13-11-31-8-7-9-40(34(31)25-33)59-22-19-48-17-20-57-21-18-48/h7-15,23-26,28H,4-6,16-22,27H2,1-3H3,(H,47,52). The number of ether oxygens (including phenoxy) is 3. The summed E-state index contributed by atoms with van der Waals surface area (Å²) in [6.07, 6.45) is 4.65. The molecule has 2 heterocycles. The number of rotatable bonds is 16. The van der Waals surface area contributed by atoms with E-state index in [1.807, 2.05) is 19.1 Å². The summed E-state index contributed by atoms with van der Waals surface area (Å²) < 4.78 is 47.6. The van der Waals surface area contributed by atoms with Gasteiger partial charge in [0.15, 0.2) is 0 Å². The fraction of sp³-hybridized carbons (Fsp3) is 0.326. The summed E-state index contributed by atoms with van der Waals surface area (Å²) in [6, 6.07) is 19.2. The Morgan fingerprint density at radius 2 is 1.72 bits per heavy atom. The second-order valence-electron chi connectivity index (χ2n) is 14.1. The molecule has 1 N–H and O–H groups in total. The molecule has 1 saturated heterocycles. The maximum absolute atomic E-state index is 14.2. The minimum absolute atomic E-state index is 0.0228. The maximum atomic E-state index is 14.2. The Labute approximate surface area is 365 Å². The molecular formula is C43H46Cl3N5O8S. The maximum Gasteiger partial charge on any atom is 0.340 e. The van der Waals surface area contributed by atoms with Crippen LogP contribution in [0, 0.1) is 0 Å². The molecule has 1 fully saturated rings. The normalized spacial score (nSPS) is 14.7. The number of nitrogens with zero attached hydrogens (tertiary/aromatic N) is 4. The van der Waals surface area contributed by atoms with Crippen LogP contribution in [0.15, 0.2) is 101 Å². The van der Waals surface area contributed by atoms with Crippen LogP contribution in [0.25, 0.3) is 10.8 Å². The van der Waals surface area contributed by atoms with E-state index in [4.69, 9.17) is 49.2 Å². The van der Waals surface area contributed by atoms with E-state index in [0.717, 1.165) is 36.9 Å². The van der Waals surface area contributed by atoms with Crippen molar-refractivity contribution >= 4 is 79.2 Å². The third-order valence-electron chi connectivity index (χ3n) is 9.91. The number of amides is 2. The number of hydrogen-bond acceptors (Lipinski definition) is 11. The van der Waals surface area contributed by atoms with Crippen molar-refractivity contribution in [1.82, 2.24) is 18.9 Å². The zero-order valence-corrected chi connectivity index (χ0v) is 36.5. The molecule has 2 amide bonds. The van der Waals surface area contributed by atoms with Crippen molar-refractivity contribution in [3.05, 3.63) is 123 Å². The minimum Gasteiger partial charge on any atom is -0.492 e. The van der Waals surface area contributed by atoms with E-state index < -0.39 is 21.9 Å². The number of hydrogen-bond donors (Lipinski definition) is 1. The quantitative estimate of drug-likeness (QED) is 0.0867. The smallest absolute Gasteiger partial charge is 0.340 e. The average molecular weight is 899 g/mol. The van der Waals surface area contributed by atoms with Gasteiger partial charge in [0.25, 0.3) is 21.8 Å². The Hall–Kier alpha value is -4.83. The molecule has 0 aromatic heterocycles. The van der Waals surface area contributed by atoms with Crippen LogP contribution < -0.4 is 14.4 Å². The number of carbonyl (C=O) groups is 3. The highest BCUT2D eigenvalue weighted by molar-refractivity contribution is 7.90. The van der Waals surface area contributed by atoms with Crippen molar-refractivity contribution in [3.63, 3.8) is 0 Å². The van der Waals surface area contributed by atoms with E-state index in [1.165, 1.54) is 41.0 Å². The summed E-state index contributed by atoms with van der Waals surface area (Å²) in [7, 11) is -4.40. The first kappa shape index (κ1) is 44.7. The third-order valence-corrected chi connectivity index (χ3v) is 12.4. The summed E-state index contributed by atoms with van der Waals surface area (Å²) in [5.41, 5.74) is 1.39. The number of carbonyl (C=O) groups excluding carboxylic acids is 3. The second kappa shape index (κ2) is 20.2. The number of esters is 1. The van der Waals surface area contributed by atoms with Gasteiger partial charge >= 0.3 is 5.97 Å². The van der Waals surface area contributed by atoms with Gasteiger partial charge in [-0.05, 0) is 79.7 Å². The molecule has 60 heavy (non-hydrogen) atoms. The number of benzene rings is 4. The van der Waals surface area contributed by atoms with Gasteiger partial charge < -0.3 is 24.0 Å². The first-order valence-corrected chi connectivity index (χ1v) is 22.1. The first-order valence-electron chi connectivity index (χ1n) is 19.5. The monoisotopic (exact) mass is 897 g/mol. The number of allylic oxidation sites excluding steroid dienone is 1. The number of fused-ring (bicyclic) bond motifs is 1. The van der Waals surface area contributed by atoms with Gasteiger partial charge in [0, 0.05) is 73.5 Å². The van der Waals surface area contributed by atoms with Crippen LogP contribution in [-0.4, -0.2) is 93.0 Å². The van der Waals surface area contributed by atoms with Crippen LogP contribution in [0.1, 0.15) is 59.9 Å². The molecule has 4 aromatic carbocycles. The average Bonchev–Trinajstić information content (AvgIpc) is 3.24. The highest BCUT2D eigenvalue weighted by atomic mass is 35.5. The van der Waals surface area contributed by atoms with Gasteiger partial charge in [-0.15, -0.1) is 0 Å². The minimum atomic E-state index is -4.40. The van der Waals surface area contributed by atoms with Gasteiger partial charge in [-0.3, -0.25) is 14.5 Å². The summed E-state index contributed by atoms with van der Waals surface area (Å²) in [6.45, 7) is 10.1. The van der Waals surface area contributed by atoms with Crippen LogP contribution in [-0.2, 0) is 30.8 Å².